The van der Waals surface area contributed by atoms with E-state index in [0.29, 0.717) is 11.5 Å². The van der Waals surface area contributed by atoms with E-state index in [0.717, 1.165) is 31.9 Å². The van der Waals surface area contributed by atoms with E-state index in [4.69, 9.17) is 0 Å². The first-order valence-corrected chi connectivity index (χ1v) is 10.7. The van der Waals surface area contributed by atoms with Gasteiger partial charge in [-0.2, -0.15) is 0 Å². The Morgan fingerprint density at radius 1 is 1.12 bits per heavy atom. The molecule has 134 valence electrons. The molecule has 0 N–H and O–H groups in total. The lowest BCUT2D eigenvalue weighted by Crippen LogP contribution is -2.41. The fraction of sp³-hybridized carbons (Fsp3) is 0.556. The Morgan fingerprint density at radius 3 is 2.60 bits per heavy atom. The summed E-state index contributed by atoms with van der Waals surface area (Å²) < 4.78 is 24.0. The van der Waals surface area contributed by atoms with Gasteiger partial charge in [0.1, 0.15) is 6.04 Å². The lowest BCUT2D eigenvalue weighted by molar-refractivity contribution is -0.128. The number of hydrogen-bond donors (Lipinski definition) is 0. The van der Waals surface area contributed by atoms with Crippen molar-refractivity contribution in [3.05, 3.63) is 29.8 Å². The molecule has 1 aromatic rings. The molecular weight excluding hydrogens is 340 g/mol. The van der Waals surface area contributed by atoms with Gasteiger partial charge in [-0.1, -0.05) is 31.0 Å². The molecule has 2 heterocycles. The normalized spacial score (nSPS) is 29.1. The van der Waals surface area contributed by atoms with E-state index in [1.165, 1.54) is 17.4 Å². The van der Waals surface area contributed by atoms with Crippen LogP contribution >= 0.6 is 0 Å². The van der Waals surface area contributed by atoms with Crippen LogP contribution in [0.1, 0.15) is 37.7 Å². The third-order valence-electron chi connectivity index (χ3n) is 5.79. The second-order valence-corrected chi connectivity index (χ2v) is 9.34. The number of benzene rings is 1. The fourth-order valence-corrected chi connectivity index (χ4v) is 5.62. The van der Waals surface area contributed by atoms with Gasteiger partial charge < -0.3 is 4.90 Å². The van der Waals surface area contributed by atoms with Gasteiger partial charge in [0, 0.05) is 12.3 Å². The van der Waals surface area contributed by atoms with Crippen LogP contribution in [0.15, 0.2) is 29.2 Å². The predicted molar refractivity (Wildman–Crippen MR) is 91.5 cm³/mol. The van der Waals surface area contributed by atoms with E-state index >= 15 is 0 Å². The highest BCUT2D eigenvalue weighted by Crippen LogP contribution is 2.43. The number of hydrogen-bond acceptors (Lipinski definition) is 4. The molecule has 3 fully saturated rings. The lowest BCUT2D eigenvalue weighted by atomic mass is 9.84. The number of imide groups is 1. The minimum absolute atomic E-state index is 0.0191. The molecule has 3 atom stereocenters. The molecule has 3 aliphatic rings. The van der Waals surface area contributed by atoms with Crippen LogP contribution in [0.4, 0.5) is 4.79 Å². The second kappa shape index (κ2) is 5.83. The number of fused-ring (bicyclic) bond motifs is 3. The molecule has 1 saturated carbocycles. The van der Waals surface area contributed by atoms with Crippen molar-refractivity contribution in [1.29, 1.82) is 0 Å². The number of carbonyl (C=O) groups excluding carboxylic acids is 2. The van der Waals surface area contributed by atoms with Crippen molar-refractivity contribution in [3.63, 3.8) is 0 Å². The van der Waals surface area contributed by atoms with Crippen molar-refractivity contribution < 1.29 is 18.0 Å². The zero-order valence-electron chi connectivity index (χ0n) is 14.2. The Labute approximate surface area is 147 Å². The van der Waals surface area contributed by atoms with Gasteiger partial charge in [-0.05, 0) is 36.8 Å². The van der Waals surface area contributed by atoms with E-state index < -0.39 is 9.84 Å². The summed E-state index contributed by atoms with van der Waals surface area (Å²) in [6.07, 6.45) is 6.23. The van der Waals surface area contributed by atoms with Gasteiger partial charge >= 0.3 is 6.03 Å². The second-order valence-electron chi connectivity index (χ2n) is 7.36. The van der Waals surface area contributed by atoms with E-state index in [2.05, 4.69) is 0 Å². The minimum Gasteiger partial charge on any atom is -0.309 e. The summed E-state index contributed by atoms with van der Waals surface area (Å²) in [5.41, 5.74) is 0.494. The van der Waals surface area contributed by atoms with Gasteiger partial charge in [0.2, 0.25) is 0 Å². The third kappa shape index (κ3) is 2.65. The average molecular weight is 362 g/mol. The van der Waals surface area contributed by atoms with E-state index in [1.54, 1.807) is 23.1 Å². The zero-order chi connectivity index (χ0) is 17.8. The zero-order valence-corrected chi connectivity index (χ0v) is 15.0. The first-order valence-electron chi connectivity index (χ1n) is 8.79. The Bertz CT molecular complexity index is 835. The molecule has 0 bridgehead atoms. The van der Waals surface area contributed by atoms with Crippen LogP contribution in [-0.4, -0.2) is 48.5 Å². The van der Waals surface area contributed by atoms with E-state index in [1.807, 2.05) is 0 Å². The molecule has 1 aliphatic carbocycles. The molecule has 3 unspecified atom stereocenters. The van der Waals surface area contributed by atoms with E-state index in [-0.39, 0.29) is 35.5 Å². The Hall–Kier alpha value is -1.89. The van der Waals surface area contributed by atoms with Crippen LogP contribution in [0.3, 0.4) is 0 Å². The number of urea groups is 1. The number of carbonyl (C=O) groups is 2. The van der Waals surface area contributed by atoms with Gasteiger partial charge in [0.05, 0.1) is 11.4 Å². The predicted octanol–water partition coefficient (Wildman–Crippen LogP) is 2.19. The maximum absolute atomic E-state index is 12.9. The highest BCUT2D eigenvalue weighted by Gasteiger charge is 2.55. The molecule has 0 aromatic heterocycles. The Balaban J connectivity index is 1.62. The maximum Gasteiger partial charge on any atom is 0.328 e. The van der Waals surface area contributed by atoms with Gasteiger partial charge in [-0.25, -0.2) is 13.2 Å². The van der Waals surface area contributed by atoms with Crippen molar-refractivity contribution in [2.45, 2.75) is 55.6 Å². The summed E-state index contributed by atoms with van der Waals surface area (Å²) in [6.45, 7) is 0.0191. The summed E-state index contributed by atoms with van der Waals surface area (Å²) in [6, 6.07) is 6.13. The van der Waals surface area contributed by atoms with Gasteiger partial charge in [0.15, 0.2) is 9.84 Å². The molecule has 6 nitrogen and oxygen atoms in total. The first-order chi connectivity index (χ1) is 11.9. The molecule has 0 radical (unpaired) electrons. The van der Waals surface area contributed by atoms with Crippen LogP contribution in [0.5, 0.6) is 0 Å². The van der Waals surface area contributed by atoms with Gasteiger partial charge in [-0.15, -0.1) is 0 Å². The quantitative estimate of drug-likeness (QED) is 0.773. The fourth-order valence-electron chi connectivity index (χ4n) is 4.68. The third-order valence-corrected chi connectivity index (χ3v) is 6.99. The molecule has 2 saturated heterocycles. The highest BCUT2D eigenvalue weighted by molar-refractivity contribution is 7.90. The number of rotatable bonds is 3. The number of nitrogens with zero attached hydrogens (tertiary/aromatic N) is 2. The van der Waals surface area contributed by atoms with Gasteiger partial charge in [0.25, 0.3) is 5.91 Å². The molecular formula is C18H22N2O4S. The van der Waals surface area contributed by atoms with Crippen molar-refractivity contribution in [2.75, 3.05) is 6.26 Å². The van der Waals surface area contributed by atoms with Crippen molar-refractivity contribution in [3.8, 4) is 0 Å². The van der Waals surface area contributed by atoms with Crippen LogP contribution in [-0.2, 0) is 21.2 Å². The number of sulfone groups is 1. The summed E-state index contributed by atoms with van der Waals surface area (Å²) >= 11 is 0. The highest BCUT2D eigenvalue weighted by atomic mass is 32.2. The van der Waals surface area contributed by atoms with Crippen LogP contribution < -0.4 is 0 Å². The number of amides is 3. The molecule has 4 rings (SSSR count). The molecule has 7 heteroatoms. The molecule has 25 heavy (non-hydrogen) atoms. The maximum atomic E-state index is 12.9. The average Bonchev–Trinajstić information content (AvgIpc) is 3.06. The van der Waals surface area contributed by atoms with Crippen molar-refractivity contribution in [1.82, 2.24) is 9.80 Å². The molecule has 1 aromatic carbocycles. The SMILES string of the molecule is CS(=O)(=O)c1ccccc1CN1C(=O)C2CC3CCCCC3N2C1=O. The van der Waals surface area contributed by atoms with Crippen molar-refractivity contribution >= 4 is 21.8 Å². The summed E-state index contributed by atoms with van der Waals surface area (Å²) in [4.78, 5) is 28.9. The Morgan fingerprint density at radius 2 is 1.84 bits per heavy atom. The summed E-state index contributed by atoms with van der Waals surface area (Å²) in [5.74, 6) is 0.264. The minimum atomic E-state index is -3.41. The van der Waals surface area contributed by atoms with Crippen LogP contribution in [0.2, 0.25) is 0 Å². The largest absolute Gasteiger partial charge is 0.328 e. The van der Waals surface area contributed by atoms with Crippen LogP contribution in [0, 0.1) is 5.92 Å². The Kier molecular flexibility index (Phi) is 3.86. The van der Waals surface area contributed by atoms with Crippen molar-refractivity contribution in [2.24, 2.45) is 5.92 Å². The molecule has 3 amide bonds. The topological polar surface area (TPSA) is 74.8 Å². The van der Waals surface area contributed by atoms with Crippen LogP contribution in [0.25, 0.3) is 0 Å². The summed E-state index contributed by atoms with van der Waals surface area (Å²) in [5, 5.41) is 0. The monoisotopic (exact) mass is 362 g/mol. The molecule has 2 aliphatic heterocycles. The summed E-state index contributed by atoms with van der Waals surface area (Å²) in [7, 11) is -3.41. The smallest absolute Gasteiger partial charge is 0.309 e. The molecule has 0 spiro atoms. The first kappa shape index (κ1) is 16.6. The lowest BCUT2D eigenvalue weighted by Gasteiger charge is -2.31. The standard InChI is InChI=1S/C18H22N2O4S/c1-25(23,24)16-9-5-3-7-13(16)11-19-17(21)15-10-12-6-2-4-8-14(12)20(15)18(19)22/h3,5,7,9,12,14-15H,2,4,6,8,10-11H2,1H3. The van der Waals surface area contributed by atoms with Gasteiger partial charge in [-0.3, -0.25) is 9.69 Å². The van der Waals surface area contributed by atoms with E-state index in [9.17, 15) is 18.0 Å².